The topological polar surface area (TPSA) is 50.9 Å². The number of nitrogens with two attached hydrogens (primary N) is 1. The van der Waals surface area contributed by atoms with Crippen LogP contribution in [-0.4, -0.2) is 4.98 Å². The number of benzene rings is 2. The molecule has 0 saturated heterocycles. The van der Waals surface area contributed by atoms with Crippen molar-refractivity contribution < 1.29 is 0 Å². The molecule has 3 nitrogen and oxygen atoms in total. The molecule has 1 atom stereocenters. The molecule has 106 valence electrons. The number of fused-ring (bicyclic) bond motifs is 1. The Labute approximate surface area is 124 Å². The molecule has 0 fully saturated rings. The van der Waals surface area contributed by atoms with Crippen molar-refractivity contribution in [2.75, 3.05) is 0 Å². The maximum absolute atomic E-state index is 5.76. The van der Waals surface area contributed by atoms with Gasteiger partial charge in [0.2, 0.25) is 0 Å². The van der Waals surface area contributed by atoms with E-state index in [4.69, 9.17) is 10.8 Å². The predicted octanol–water partition coefficient (Wildman–Crippen LogP) is 3.35. The minimum atomic E-state index is -0.0967. The average molecular weight is 277 g/mol. The molecule has 0 spiro atoms. The molecule has 3 N–H and O–H groups in total. The lowest BCUT2D eigenvalue weighted by molar-refractivity contribution is 0.623. The van der Waals surface area contributed by atoms with Crippen LogP contribution >= 0.6 is 0 Å². The van der Waals surface area contributed by atoms with Gasteiger partial charge in [0.1, 0.15) is 0 Å². The van der Waals surface area contributed by atoms with Gasteiger partial charge in [-0.3, -0.25) is 10.8 Å². The van der Waals surface area contributed by atoms with E-state index in [1.807, 2.05) is 24.3 Å². The van der Waals surface area contributed by atoms with E-state index in [0.717, 1.165) is 28.6 Å². The molecule has 0 aliphatic carbocycles. The number of aryl methyl sites for hydroxylation is 1. The third-order valence-corrected chi connectivity index (χ3v) is 3.80. The van der Waals surface area contributed by atoms with Gasteiger partial charge in [0, 0.05) is 5.39 Å². The van der Waals surface area contributed by atoms with Crippen molar-refractivity contribution in [3.05, 3.63) is 77.5 Å². The van der Waals surface area contributed by atoms with E-state index in [1.165, 1.54) is 5.56 Å². The lowest BCUT2D eigenvalue weighted by Crippen LogP contribution is -2.29. The number of aromatic nitrogens is 1. The van der Waals surface area contributed by atoms with Crippen molar-refractivity contribution in [2.24, 2.45) is 5.84 Å². The Morgan fingerprint density at radius 2 is 1.76 bits per heavy atom. The third-order valence-electron chi connectivity index (χ3n) is 3.80. The quantitative estimate of drug-likeness (QED) is 0.568. The van der Waals surface area contributed by atoms with E-state index in [0.29, 0.717) is 0 Å². The van der Waals surface area contributed by atoms with Crippen LogP contribution in [0.5, 0.6) is 0 Å². The molecule has 0 aliphatic rings. The normalized spacial score (nSPS) is 12.5. The highest BCUT2D eigenvalue weighted by Gasteiger charge is 2.14. The fraction of sp³-hybridized carbons (Fsp3) is 0.167. The summed E-state index contributed by atoms with van der Waals surface area (Å²) in [5.74, 6) is 5.76. The van der Waals surface area contributed by atoms with Crippen LogP contribution in [0.4, 0.5) is 0 Å². The zero-order chi connectivity index (χ0) is 14.7. The standard InChI is InChI=1S/C18H19N3/c1-2-13-7-9-15(10-8-13)18(21-19)17-12-11-14-5-3-4-6-16(14)20-17/h3-12,18,21H,2,19H2,1H3. The Hall–Kier alpha value is -2.23. The minimum Gasteiger partial charge on any atom is -0.271 e. The number of hydrogen-bond donors (Lipinski definition) is 2. The molecule has 3 rings (SSSR count). The van der Waals surface area contributed by atoms with Crippen LogP contribution in [0.15, 0.2) is 60.7 Å². The Morgan fingerprint density at radius 3 is 2.48 bits per heavy atom. The Kier molecular flexibility index (Phi) is 3.95. The summed E-state index contributed by atoms with van der Waals surface area (Å²) in [5, 5.41) is 1.14. The lowest BCUT2D eigenvalue weighted by atomic mass is 10.0. The van der Waals surface area contributed by atoms with Gasteiger partial charge >= 0.3 is 0 Å². The molecule has 0 bridgehead atoms. The second-order valence-corrected chi connectivity index (χ2v) is 5.12. The summed E-state index contributed by atoms with van der Waals surface area (Å²) >= 11 is 0. The van der Waals surface area contributed by atoms with Crippen molar-refractivity contribution in [3.63, 3.8) is 0 Å². The fourth-order valence-electron chi connectivity index (χ4n) is 2.54. The molecule has 0 amide bonds. The Morgan fingerprint density at radius 1 is 1.00 bits per heavy atom. The fourth-order valence-corrected chi connectivity index (χ4v) is 2.54. The molecule has 1 unspecified atom stereocenters. The molecule has 1 heterocycles. The smallest absolute Gasteiger partial charge is 0.0881 e. The molecule has 3 aromatic rings. The molecule has 0 saturated carbocycles. The van der Waals surface area contributed by atoms with Crippen LogP contribution in [0.1, 0.15) is 29.8 Å². The van der Waals surface area contributed by atoms with Gasteiger partial charge in [-0.25, -0.2) is 5.43 Å². The predicted molar refractivity (Wildman–Crippen MR) is 86.7 cm³/mol. The van der Waals surface area contributed by atoms with Crippen molar-refractivity contribution in [3.8, 4) is 0 Å². The second-order valence-electron chi connectivity index (χ2n) is 5.12. The molecule has 2 aromatic carbocycles. The summed E-state index contributed by atoms with van der Waals surface area (Å²) in [6.07, 6.45) is 1.04. The average Bonchev–Trinajstić information content (AvgIpc) is 2.56. The largest absolute Gasteiger partial charge is 0.271 e. The zero-order valence-corrected chi connectivity index (χ0v) is 12.1. The third kappa shape index (κ3) is 2.79. The number of hydrazine groups is 1. The summed E-state index contributed by atoms with van der Waals surface area (Å²) in [5.41, 5.74) is 7.23. The van der Waals surface area contributed by atoms with Crippen LogP contribution < -0.4 is 11.3 Å². The van der Waals surface area contributed by atoms with Crippen molar-refractivity contribution in [2.45, 2.75) is 19.4 Å². The van der Waals surface area contributed by atoms with Crippen molar-refractivity contribution in [1.29, 1.82) is 0 Å². The Balaban J connectivity index is 2.00. The van der Waals surface area contributed by atoms with Gasteiger partial charge in [0.15, 0.2) is 0 Å². The monoisotopic (exact) mass is 277 g/mol. The molecule has 0 radical (unpaired) electrons. The molecule has 1 aromatic heterocycles. The van der Waals surface area contributed by atoms with Gasteiger partial charge in [0.25, 0.3) is 0 Å². The highest BCUT2D eigenvalue weighted by atomic mass is 15.2. The van der Waals surface area contributed by atoms with E-state index < -0.39 is 0 Å². The van der Waals surface area contributed by atoms with Crippen molar-refractivity contribution >= 4 is 10.9 Å². The second kappa shape index (κ2) is 6.04. The first kappa shape index (κ1) is 13.7. The molecule has 0 aliphatic heterocycles. The van der Waals surface area contributed by atoms with Gasteiger partial charge in [-0.05, 0) is 29.7 Å². The molecule has 3 heteroatoms. The maximum atomic E-state index is 5.76. The highest BCUT2D eigenvalue weighted by molar-refractivity contribution is 5.78. The first-order chi connectivity index (χ1) is 10.3. The van der Waals surface area contributed by atoms with E-state index in [-0.39, 0.29) is 6.04 Å². The van der Waals surface area contributed by atoms with Gasteiger partial charge < -0.3 is 0 Å². The van der Waals surface area contributed by atoms with Gasteiger partial charge in [-0.1, -0.05) is 55.5 Å². The van der Waals surface area contributed by atoms with Crippen LogP contribution in [0.2, 0.25) is 0 Å². The molecule has 21 heavy (non-hydrogen) atoms. The summed E-state index contributed by atoms with van der Waals surface area (Å²) < 4.78 is 0. The number of nitrogens with one attached hydrogen (secondary N) is 1. The number of pyridine rings is 1. The van der Waals surface area contributed by atoms with Crippen LogP contribution in [0.3, 0.4) is 0 Å². The summed E-state index contributed by atoms with van der Waals surface area (Å²) in [7, 11) is 0. The van der Waals surface area contributed by atoms with Gasteiger partial charge in [0.05, 0.1) is 17.3 Å². The van der Waals surface area contributed by atoms with Crippen molar-refractivity contribution in [1.82, 2.24) is 10.4 Å². The summed E-state index contributed by atoms with van der Waals surface area (Å²) in [6.45, 7) is 2.15. The van der Waals surface area contributed by atoms with Gasteiger partial charge in [-0.15, -0.1) is 0 Å². The zero-order valence-electron chi connectivity index (χ0n) is 12.1. The molecular formula is C18H19N3. The van der Waals surface area contributed by atoms with Crippen LogP contribution in [0, 0.1) is 0 Å². The first-order valence-electron chi connectivity index (χ1n) is 7.22. The summed E-state index contributed by atoms with van der Waals surface area (Å²) in [6, 6.07) is 20.6. The Bertz CT molecular complexity index is 735. The van der Waals surface area contributed by atoms with Crippen LogP contribution in [-0.2, 0) is 6.42 Å². The number of hydrogen-bond acceptors (Lipinski definition) is 3. The highest BCUT2D eigenvalue weighted by Crippen LogP contribution is 2.22. The minimum absolute atomic E-state index is 0.0967. The number of nitrogens with zero attached hydrogens (tertiary/aromatic N) is 1. The van der Waals surface area contributed by atoms with E-state index in [9.17, 15) is 0 Å². The lowest BCUT2D eigenvalue weighted by Gasteiger charge is -2.17. The maximum Gasteiger partial charge on any atom is 0.0881 e. The van der Waals surface area contributed by atoms with E-state index in [2.05, 4.69) is 48.7 Å². The first-order valence-corrected chi connectivity index (χ1v) is 7.22. The van der Waals surface area contributed by atoms with Gasteiger partial charge in [-0.2, -0.15) is 0 Å². The van der Waals surface area contributed by atoms with E-state index in [1.54, 1.807) is 0 Å². The van der Waals surface area contributed by atoms with E-state index >= 15 is 0 Å². The molecular weight excluding hydrogens is 258 g/mol. The SMILES string of the molecule is CCc1ccc(C(NN)c2ccc3ccccc3n2)cc1. The number of para-hydroxylation sites is 1. The van der Waals surface area contributed by atoms with Crippen LogP contribution in [0.25, 0.3) is 10.9 Å². The summed E-state index contributed by atoms with van der Waals surface area (Å²) in [4.78, 5) is 4.72. The number of rotatable bonds is 4.